The van der Waals surface area contributed by atoms with Crippen LogP contribution in [-0.4, -0.2) is 20.7 Å². The molecule has 4 nitrogen and oxygen atoms in total. The minimum Gasteiger partial charge on any atom is -0.296 e. The summed E-state index contributed by atoms with van der Waals surface area (Å²) in [5.41, 5.74) is 1.21. The van der Waals surface area contributed by atoms with Crippen molar-refractivity contribution < 1.29 is 4.79 Å². The van der Waals surface area contributed by atoms with E-state index in [2.05, 4.69) is 25.9 Å². The number of nitrogens with zero attached hydrogens (tertiary/aromatic N) is 3. The molecule has 0 aromatic carbocycles. The van der Waals surface area contributed by atoms with Gasteiger partial charge in [0.25, 0.3) is 0 Å². The summed E-state index contributed by atoms with van der Waals surface area (Å²) in [5, 5.41) is 0. The monoisotopic (exact) mass is 307 g/mol. The summed E-state index contributed by atoms with van der Waals surface area (Å²) in [5.74, 6) is 0.536. The number of hydrogen-bond donors (Lipinski definition) is 0. The van der Waals surface area contributed by atoms with Crippen molar-refractivity contribution in [3.63, 3.8) is 0 Å². The Balaban J connectivity index is 2.32. The van der Waals surface area contributed by atoms with E-state index in [-0.39, 0.29) is 0 Å². The van der Waals surface area contributed by atoms with Crippen LogP contribution in [0.3, 0.4) is 0 Å². The second-order valence-corrected chi connectivity index (χ2v) is 5.82. The summed E-state index contributed by atoms with van der Waals surface area (Å²) in [4.78, 5) is 20.6. The molecule has 84 valence electrons. The van der Waals surface area contributed by atoms with E-state index in [1.54, 1.807) is 22.9 Å². The molecular weight excluding hydrogens is 302 g/mol. The van der Waals surface area contributed by atoms with Crippen molar-refractivity contribution in [1.29, 1.82) is 0 Å². The molecule has 0 amide bonds. The molecule has 0 saturated carbocycles. The first kappa shape index (κ1) is 10.6. The smallest absolute Gasteiger partial charge is 0.234 e. The average Bonchev–Trinajstić information content (AvgIpc) is 2.91. The number of halogens is 1. The molecule has 3 rings (SSSR count). The van der Waals surface area contributed by atoms with E-state index in [1.165, 1.54) is 11.3 Å². The van der Waals surface area contributed by atoms with Crippen molar-refractivity contribution in [3.05, 3.63) is 40.1 Å². The molecule has 0 aliphatic rings. The van der Waals surface area contributed by atoms with E-state index >= 15 is 0 Å². The Kier molecular flexibility index (Phi) is 2.53. The highest BCUT2D eigenvalue weighted by Crippen LogP contribution is 2.32. The molecule has 0 aliphatic carbocycles. The molecule has 0 saturated heterocycles. The van der Waals surface area contributed by atoms with Gasteiger partial charge in [0.05, 0.1) is 8.66 Å². The van der Waals surface area contributed by atoms with E-state index in [0.717, 1.165) is 14.9 Å². The Hall–Kier alpha value is -1.53. The summed E-state index contributed by atoms with van der Waals surface area (Å²) in [6.07, 6.45) is 4.25. The van der Waals surface area contributed by atoms with Crippen LogP contribution in [0.25, 0.3) is 16.3 Å². The molecular formula is C11H6BrN3OS. The standard InChI is InChI=1S/C11H6BrN3OS/c12-9-3-2-8(17-9)10-7(6-16)15-5-1-4-13-11(15)14-10/h1-6H. The van der Waals surface area contributed by atoms with Crippen LogP contribution in [0.4, 0.5) is 0 Å². The molecule has 0 atom stereocenters. The van der Waals surface area contributed by atoms with E-state index in [0.29, 0.717) is 17.2 Å². The number of hydrogen-bond acceptors (Lipinski definition) is 4. The third kappa shape index (κ3) is 1.69. The van der Waals surface area contributed by atoms with Crippen LogP contribution < -0.4 is 0 Å². The largest absolute Gasteiger partial charge is 0.296 e. The Morgan fingerprint density at radius 2 is 2.29 bits per heavy atom. The lowest BCUT2D eigenvalue weighted by molar-refractivity contribution is 0.111. The van der Waals surface area contributed by atoms with Gasteiger partial charge in [-0.1, -0.05) is 0 Å². The van der Waals surface area contributed by atoms with Crippen LogP contribution >= 0.6 is 27.3 Å². The molecule has 3 aromatic heterocycles. The molecule has 0 bridgehead atoms. The Labute approximate surface area is 109 Å². The normalized spacial score (nSPS) is 10.9. The predicted molar refractivity (Wildman–Crippen MR) is 69.4 cm³/mol. The highest BCUT2D eigenvalue weighted by molar-refractivity contribution is 9.11. The van der Waals surface area contributed by atoms with Gasteiger partial charge in [0, 0.05) is 12.4 Å². The van der Waals surface area contributed by atoms with Crippen LogP contribution in [0.2, 0.25) is 0 Å². The molecule has 0 aliphatic heterocycles. The summed E-state index contributed by atoms with van der Waals surface area (Å²) in [7, 11) is 0. The molecule has 0 N–H and O–H groups in total. The second-order valence-electron chi connectivity index (χ2n) is 3.36. The molecule has 0 fully saturated rings. The van der Waals surface area contributed by atoms with Gasteiger partial charge >= 0.3 is 0 Å². The number of fused-ring (bicyclic) bond motifs is 1. The van der Waals surface area contributed by atoms with Gasteiger partial charge in [0.15, 0.2) is 6.29 Å². The lowest BCUT2D eigenvalue weighted by Gasteiger charge is -1.93. The van der Waals surface area contributed by atoms with Crippen LogP contribution in [0, 0.1) is 0 Å². The Morgan fingerprint density at radius 3 is 3.00 bits per heavy atom. The van der Waals surface area contributed by atoms with Crippen molar-refractivity contribution in [2.45, 2.75) is 0 Å². The maximum absolute atomic E-state index is 11.2. The lowest BCUT2D eigenvalue weighted by atomic mass is 10.3. The minimum absolute atomic E-state index is 0.530. The number of imidazole rings is 1. The number of aromatic nitrogens is 3. The number of carbonyl (C=O) groups excluding carboxylic acids is 1. The van der Waals surface area contributed by atoms with Gasteiger partial charge in [-0.3, -0.25) is 9.20 Å². The summed E-state index contributed by atoms with van der Waals surface area (Å²) < 4.78 is 2.70. The van der Waals surface area contributed by atoms with Gasteiger partial charge in [-0.15, -0.1) is 11.3 Å². The van der Waals surface area contributed by atoms with Gasteiger partial charge in [-0.2, -0.15) is 0 Å². The van der Waals surface area contributed by atoms with Crippen LogP contribution in [0.1, 0.15) is 10.5 Å². The highest BCUT2D eigenvalue weighted by Gasteiger charge is 2.15. The highest BCUT2D eigenvalue weighted by atomic mass is 79.9. The molecule has 0 spiro atoms. The number of thiophene rings is 1. The Morgan fingerprint density at radius 1 is 1.41 bits per heavy atom. The van der Waals surface area contributed by atoms with Crippen molar-refractivity contribution in [1.82, 2.24) is 14.4 Å². The minimum atomic E-state index is 0.530. The van der Waals surface area contributed by atoms with E-state index < -0.39 is 0 Å². The fraction of sp³-hybridized carbons (Fsp3) is 0. The fourth-order valence-electron chi connectivity index (χ4n) is 1.64. The zero-order valence-electron chi connectivity index (χ0n) is 8.50. The first-order valence-corrected chi connectivity index (χ1v) is 6.44. The molecule has 3 aromatic rings. The average molecular weight is 308 g/mol. The second kappa shape index (κ2) is 4.05. The summed E-state index contributed by atoms with van der Waals surface area (Å²) >= 11 is 4.94. The van der Waals surface area contributed by atoms with Gasteiger partial charge < -0.3 is 0 Å². The third-order valence-electron chi connectivity index (χ3n) is 2.36. The van der Waals surface area contributed by atoms with E-state index in [9.17, 15) is 4.79 Å². The summed E-state index contributed by atoms with van der Waals surface area (Å²) in [6.45, 7) is 0. The Bertz CT molecular complexity index is 704. The molecule has 0 radical (unpaired) electrons. The zero-order chi connectivity index (χ0) is 11.8. The van der Waals surface area contributed by atoms with Gasteiger partial charge in [0.1, 0.15) is 11.4 Å². The van der Waals surface area contributed by atoms with Crippen molar-refractivity contribution >= 4 is 39.3 Å². The fourth-order valence-corrected chi connectivity index (χ4v) is 3.03. The van der Waals surface area contributed by atoms with Gasteiger partial charge in [-0.25, -0.2) is 9.97 Å². The first-order chi connectivity index (χ1) is 8.29. The molecule has 17 heavy (non-hydrogen) atoms. The van der Waals surface area contributed by atoms with Crippen molar-refractivity contribution in [2.75, 3.05) is 0 Å². The predicted octanol–water partition coefficient (Wildman–Crippen LogP) is 3.03. The quantitative estimate of drug-likeness (QED) is 0.684. The molecule has 0 unspecified atom stereocenters. The SMILES string of the molecule is O=Cc1c(-c2ccc(Br)s2)nc2ncccn12. The lowest BCUT2D eigenvalue weighted by Crippen LogP contribution is -1.92. The number of rotatable bonds is 2. The van der Waals surface area contributed by atoms with Gasteiger partial charge in [0.2, 0.25) is 5.78 Å². The zero-order valence-corrected chi connectivity index (χ0v) is 10.9. The van der Waals surface area contributed by atoms with Crippen molar-refractivity contribution in [2.24, 2.45) is 0 Å². The number of aldehydes is 1. The van der Waals surface area contributed by atoms with E-state index in [4.69, 9.17) is 0 Å². The van der Waals surface area contributed by atoms with Crippen LogP contribution in [-0.2, 0) is 0 Å². The topological polar surface area (TPSA) is 47.3 Å². The number of carbonyl (C=O) groups is 1. The third-order valence-corrected chi connectivity index (χ3v) is 3.99. The maximum atomic E-state index is 11.2. The summed E-state index contributed by atoms with van der Waals surface area (Å²) in [6, 6.07) is 5.64. The van der Waals surface area contributed by atoms with Crippen molar-refractivity contribution in [3.8, 4) is 10.6 Å². The van der Waals surface area contributed by atoms with Crippen LogP contribution in [0.5, 0.6) is 0 Å². The molecule has 3 heterocycles. The maximum Gasteiger partial charge on any atom is 0.234 e. The van der Waals surface area contributed by atoms with Gasteiger partial charge in [-0.05, 0) is 34.1 Å². The van der Waals surface area contributed by atoms with Crippen LogP contribution in [0.15, 0.2) is 34.4 Å². The first-order valence-electron chi connectivity index (χ1n) is 4.83. The molecule has 6 heteroatoms. The van der Waals surface area contributed by atoms with E-state index in [1.807, 2.05) is 12.1 Å².